The van der Waals surface area contributed by atoms with E-state index >= 15 is 0 Å². The summed E-state index contributed by atoms with van der Waals surface area (Å²) < 4.78 is 67.9. The molecular weight excluding hydrogens is 463 g/mol. The van der Waals surface area contributed by atoms with Gasteiger partial charge >= 0.3 is 12.3 Å². The molecule has 0 spiro atoms. The number of hydrogen-bond acceptors (Lipinski definition) is 5. The van der Waals surface area contributed by atoms with E-state index in [1.807, 2.05) is 0 Å². The maximum atomic E-state index is 12.8. The molecule has 33 heavy (non-hydrogen) atoms. The Morgan fingerprint density at radius 1 is 0.970 bits per heavy atom. The SMILES string of the molecule is O=C(Nc1ccc(S(=O)(=O)N2CCCCCC2)cc1)C1CCN(C(=O)OCC(F)(F)F)CC1. The van der Waals surface area contributed by atoms with Gasteiger partial charge in [-0.25, -0.2) is 13.2 Å². The van der Waals surface area contributed by atoms with Gasteiger partial charge in [0.2, 0.25) is 15.9 Å². The van der Waals surface area contributed by atoms with Gasteiger partial charge < -0.3 is 15.0 Å². The Bertz CT molecular complexity index is 921. The maximum Gasteiger partial charge on any atom is 0.422 e. The van der Waals surface area contributed by atoms with Crippen LogP contribution in [-0.2, 0) is 19.6 Å². The van der Waals surface area contributed by atoms with Crippen LogP contribution in [-0.4, -0.2) is 68.6 Å². The van der Waals surface area contributed by atoms with Crippen LogP contribution in [0.1, 0.15) is 38.5 Å². The van der Waals surface area contributed by atoms with Gasteiger partial charge in [-0.2, -0.15) is 17.5 Å². The molecule has 1 aromatic carbocycles. The van der Waals surface area contributed by atoms with E-state index in [9.17, 15) is 31.2 Å². The number of carbonyl (C=O) groups is 2. The average molecular weight is 492 g/mol. The fourth-order valence-corrected chi connectivity index (χ4v) is 5.46. The van der Waals surface area contributed by atoms with Crippen LogP contribution in [0.5, 0.6) is 0 Å². The number of sulfonamides is 1. The number of nitrogens with zero attached hydrogens (tertiary/aromatic N) is 2. The van der Waals surface area contributed by atoms with E-state index in [4.69, 9.17) is 0 Å². The summed E-state index contributed by atoms with van der Waals surface area (Å²) >= 11 is 0. The molecule has 0 saturated carbocycles. The van der Waals surface area contributed by atoms with E-state index in [0.29, 0.717) is 18.8 Å². The smallest absolute Gasteiger partial charge is 0.422 e. The van der Waals surface area contributed by atoms with Crippen LogP contribution in [0.15, 0.2) is 29.2 Å². The largest absolute Gasteiger partial charge is 0.440 e. The van der Waals surface area contributed by atoms with Gasteiger partial charge in [0, 0.05) is 37.8 Å². The average Bonchev–Trinajstić information content (AvgIpc) is 3.08. The number of anilines is 1. The van der Waals surface area contributed by atoms with Crippen molar-refractivity contribution in [1.82, 2.24) is 9.21 Å². The monoisotopic (exact) mass is 491 g/mol. The zero-order valence-electron chi connectivity index (χ0n) is 18.1. The summed E-state index contributed by atoms with van der Waals surface area (Å²) in [5.74, 6) is -0.710. The van der Waals surface area contributed by atoms with Crippen molar-refractivity contribution in [1.29, 1.82) is 0 Å². The number of amides is 2. The second-order valence-corrected chi connectivity index (χ2v) is 10.2. The van der Waals surface area contributed by atoms with Gasteiger partial charge in [-0.3, -0.25) is 4.79 Å². The summed E-state index contributed by atoms with van der Waals surface area (Å²) in [6.45, 7) is -0.411. The summed E-state index contributed by atoms with van der Waals surface area (Å²) in [6.07, 6.45) is -1.35. The molecule has 0 radical (unpaired) electrons. The summed E-state index contributed by atoms with van der Waals surface area (Å²) in [4.78, 5) is 25.6. The van der Waals surface area contributed by atoms with Gasteiger partial charge in [-0.05, 0) is 49.9 Å². The number of piperidine rings is 1. The van der Waals surface area contributed by atoms with E-state index in [1.165, 1.54) is 28.6 Å². The molecule has 0 unspecified atom stereocenters. The van der Waals surface area contributed by atoms with E-state index in [0.717, 1.165) is 30.6 Å². The second kappa shape index (κ2) is 10.7. The first-order valence-electron chi connectivity index (χ1n) is 11.0. The van der Waals surface area contributed by atoms with Gasteiger partial charge in [0.25, 0.3) is 0 Å². The molecule has 2 amide bonds. The van der Waals surface area contributed by atoms with Crippen molar-refractivity contribution in [2.24, 2.45) is 5.92 Å². The molecule has 184 valence electrons. The molecule has 1 aromatic rings. The minimum absolute atomic E-state index is 0.113. The van der Waals surface area contributed by atoms with Crippen molar-refractivity contribution in [3.8, 4) is 0 Å². The number of alkyl halides is 3. The summed E-state index contributed by atoms with van der Waals surface area (Å²) in [7, 11) is -3.58. The van der Waals surface area contributed by atoms with Crippen molar-refractivity contribution < 1.29 is 35.9 Å². The van der Waals surface area contributed by atoms with Crippen LogP contribution in [0, 0.1) is 5.92 Å². The molecule has 0 atom stereocenters. The maximum absolute atomic E-state index is 12.8. The molecule has 0 aliphatic carbocycles. The van der Waals surface area contributed by atoms with Crippen LogP contribution >= 0.6 is 0 Å². The topological polar surface area (TPSA) is 96.0 Å². The molecule has 12 heteroatoms. The van der Waals surface area contributed by atoms with E-state index in [1.54, 1.807) is 0 Å². The Labute approximate surface area is 191 Å². The van der Waals surface area contributed by atoms with Gasteiger partial charge in [-0.15, -0.1) is 0 Å². The van der Waals surface area contributed by atoms with Crippen LogP contribution in [0.4, 0.5) is 23.7 Å². The molecule has 3 rings (SSSR count). The highest BCUT2D eigenvalue weighted by molar-refractivity contribution is 7.89. The number of benzene rings is 1. The van der Waals surface area contributed by atoms with Gasteiger partial charge in [0.05, 0.1) is 4.90 Å². The van der Waals surface area contributed by atoms with Crippen LogP contribution < -0.4 is 5.32 Å². The molecule has 0 bridgehead atoms. The van der Waals surface area contributed by atoms with Crippen molar-refractivity contribution in [2.75, 3.05) is 38.1 Å². The summed E-state index contributed by atoms with van der Waals surface area (Å²) in [5.41, 5.74) is 0.446. The molecule has 2 heterocycles. The van der Waals surface area contributed by atoms with Crippen molar-refractivity contribution in [3.05, 3.63) is 24.3 Å². The normalized spacial score (nSPS) is 19.1. The third-order valence-electron chi connectivity index (χ3n) is 5.81. The van der Waals surface area contributed by atoms with E-state index < -0.39 is 34.8 Å². The first-order valence-corrected chi connectivity index (χ1v) is 12.4. The summed E-state index contributed by atoms with van der Waals surface area (Å²) in [6, 6.07) is 6.00. The molecule has 2 fully saturated rings. The lowest BCUT2D eigenvalue weighted by Crippen LogP contribution is -2.42. The van der Waals surface area contributed by atoms with E-state index in [2.05, 4.69) is 10.1 Å². The lowest BCUT2D eigenvalue weighted by molar-refractivity contribution is -0.162. The van der Waals surface area contributed by atoms with Crippen LogP contribution in [0.2, 0.25) is 0 Å². The number of hydrogen-bond donors (Lipinski definition) is 1. The van der Waals surface area contributed by atoms with Crippen LogP contribution in [0.3, 0.4) is 0 Å². The zero-order chi connectivity index (χ0) is 24.1. The standard InChI is InChI=1S/C21H28F3N3O5S/c22-21(23,24)15-32-20(29)26-13-9-16(10-14-26)19(28)25-17-5-7-18(8-6-17)33(30,31)27-11-3-1-2-4-12-27/h5-8,16H,1-4,9-15H2,(H,25,28). The molecule has 2 aliphatic heterocycles. The van der Waals surface area contributed by atoms with E-state index in [-0.39, 0.29) is 36.7 Å². The fraction of sp³-hybridized carbons (Fsp3) is 0.619. The lowest BCUT2D eigenvalue weighted by atomic mass is 9.96. The Hall–Kier alpha value is -2.34. The Morgan fingerprint density at radius 2 is 1.55 bits per heavy atom. The van der Waals surface area contributed by atoms with Gasteiger partial charge in [0.1, 0.15) is 0 Å². The fourth-order valence-electron chi connectivity index (χ4n) is 3.94. The lowest BCUT2D eigenvalue weighted by Gasteiger charge is -2.30. The first-order chi connectivity index (χ1) is 15.6. The number of rotatable bonds is 5. The minimum atomic E-state index is -4.59. The van der Waals surface area contributed by atoms with Crippen molar-refractivity contribution in [3.63, 3.8) is 0 Å². The minimum Gasteiger partial charge on any atom is -0.440 e. The predicted octanol–water partition coefficient (Wildman–Crippen LogP) is 3.60. The Kier molecular flexibility index (Phi) is 8.22. The number of ether oxygens (including phenoxy) is 1. The molecule has 2 saturated heterocycles. The first kappa shape index (κ1) is 25.3. The van der Waals surface area contributed by atoms with Crippen LogP contribution in [0.25, 0.3) is 0 Å². The molecule has 2 aliphatic rings. The highest BCUT2D eigenvalue weighted by Crippen LogP contribution is 2.24. The van der Waals surface area contributed by atoms with Crippen molar-refractivity contribution >= 4 is 27.7 Å². The van der Waals surface area contributed by atoms with Crippen molar-refractivity contribution in [2.45, 2.75) is 49.6 Å². The Morgan fingerprint density at radius 3 is 2.09 bits per heavy atom. The van der Waals surface area contributed by atoms with Gasteiger partial charge in [0.15, 0.2) is 6.61 Å². The number of halogens is 3. The third kappa shape index (κ3) is 7.07. The summed E-state index contributed by atoms with van der Waals surface area (Å²) in [5, 5.41) is 2.74. The number of carbonyl (C=O) groups excluding carboxylic acids is 2. The molecular formula is C21H28F3N3O5S. The quantitative estimate of drug-likeness (QED) is 0.679. The Balaban J connectivity index is 1.50. The predicted molar refractivity (Wildman–Crippen MR) is 114 cm³/mol. The zero-order valence-corrected chi connectivity index (χ0v) is 19.0. The highest BCUT2D eigenvalue weighted by atomic mass is 32.2. The third-order valence-corrected chi connectivity index (χ3v) is 7.72. The molecule has 0 aromatic heterocycles. The molecule has 8 nitrogen and oxygen atoms in total. The number of nitrogens with one attached hydrogen (secondary N) is 1. The second-order valence-electron chi connectivity index (χ2n) is 8.26. The highest BCUT2D eigenvalue weighted by Gasteiger charge is 2.33. The molecule has 1 N–H and O–H groups in total. The number of likely N-dealkylation sites (tertiary alicyclic amines) is 1. The van der Waals surface area contributed by atoms with Gasteiger partial charge in [-0.1, -0.05) is 12.8 Å².